The number of hydrogen-bond acceptors (Lipinski definition) is 4. The lowest BCUT2D eigenvalue weighted by atomic mass is 9.98. The number of benzene rings is 3. The lowest BCUT2D eigenvalue weighted by molar-refractivity contribution is 0.0483. The van der Waals surface area contributed by atoms with E-state index in [1.807, 2.05) is 19.1 Å². The molecule has 0 aromatic heterocycles. The van der Waals surface area contributed by atoms with E-state index in [1.165, 1.54) is 24.3 Å². The zero-order valence-corrected chi connectivity index (χ0v) is 16.1. The minimum absolute atomic E-state index is 0.146. The Morgan fingerprint density at radius 3 is 2.17 bits per heavy atom. The molecule has 3 aromatic carbocycles. The van der Waals surface area contributed by atoms with Crippen LogP contribution in [-0.4, -0.2) is 25.0 Å². The molecule has 29 heavy (non-hydrogen) atoms. The molecule has 0 amide bonds. The van der Waals surface area contributed by atoms with Crippen molar-refractivity contribution >= 4 is 11.8 Å². The first-order valence-corrected chi connectivity index (χ1v) is 9.30. The molecular formula is C24H21FO4. The van der Waals surface area contributed by atoms with E-state index in [4.69, 9.17) is 9.47 Å². The van der Waals surface area contributed by atoms with E-state index >= 15 is 0 Å². The summed E-state index contributed by atoms with van der Waals surface area (Å²) in [4.78, 5) is 25.3. The van der Waals surface area contributed by atoms with Crippen molar-refractivity contribution in [3.63, 3.8) is 0 Å². The first-order chi connectivity index (χ1) is 14.0. The van der Waals surface area contributed by atoms with Crippen LogP contribution in [0.25, 0.3) is 0 Å². The van der Waals surface area contributed by atoms with Crippen LogP contribution in [0.2, 0.25) is 0 Å². The third kappa shape index (κ3) is 5.51. The third-order valence-electron chi connectivity index (χ3n) is 4.31. The molecule has 0 N–H and O–H groups in total. The maximum absolute atomic E-state index is 12.9. The van der Waals surface area contributed by atoms with Gasteiger partial charge in [0.1, 0.15) is 11.6 Å². The molecule has 0 unspecified atom stereocenters. The first-order valence-electron chi connectivity index (χ1n) is 9.30. The summed E-state index contributed by atoms with van der Waals surface area (Å²) in [6.45, 7) is 2.41. The lowest BCUT2D eigenvalue weighted by Gasteiger charge is -2.10. The van der Waals surface area contributed by atoms with Crippen molar-refractivity contribution in [2.75, 3.05) is 13.2 Å². The monoisotopic (exact) mass is 392 g/mol. The highest BCUT2D eigenvalue weighted by Crippen LogP contribution is 2.17. The summed E-state index contributed by atoms with van der Waals surface area (Å²) in [6, 6.07) is 19.5. The summed E-state index contributed by atoms with van der Waals surface area (Å²) in [5, 5.41) is 0. The molecule has 0 aliphatic carbocycles. The summed E-state index contributed by atoms with van der Waals surface area (Å²) < 4.78 is 23.6. The number of carbonyl (C=O) groups is 2. The molecular weight excluding hydrogens is 371 g/mol. The number of esters is 1. The minimum atomic E-state index is -0.553. The van der Waals surface area contributed by atoms with Crippen LogP contribution in [-0.2, 0) is 4.74 Å². The van der Waals surface area contributed by atoms with Crippen molar-refractivity contribution in [1.82, 2.24) is 0 Å². The number of rotatable bonds is 8. The molecule has 148 valence electrons. The van der Waals surface area contributed by atoms with Gasteiger partial charge in [-0.1, -0.05) is 48.0 Å². The van der Waals surface area contributed by atoms with E-state index in [2.05, 4.69) is 0 Å². The molecule has 0 aliphatic heterocycles. The number of hydrogen-bond donors (Lipinski definition) is 0. The van der Waals surface area contributed by atoms with Crippen LogP contribution in [0.1, 0.15) is 38.3 Å². The molecule has 0 saturated heterocycles. The number of aryl methyl sites for hydroxylation is 1. The van der Waals surface area contributed by atoms with Crippen LogP contribution in [0.5, 0.6) is 5.75 Å². The largest absolute Gasteiger partial charge is 0.493 e. The van der Waals surface area contributed by atoms with Crippen LogP contribution in [0, 0.1) is 12.7 Å². The summed E-state index contributed by atoms with van der Waals surface area (Å²) in [7, 11) is 0. The summed E-state index contributed by atoms with van der Waals surface area (Å²) in [6.07, 6.45) is 0.469. The van der Waals surface area contributed by atoms with Gasteiger partial charge >= 0.3 is 5.97 Å². The van der Waals surface area contributed by atoms with Gasteiger partial charge in [0, 0.05) is 17.5 Å². The second-order valence-electron chi connectivity index (χ2n) is 6.53. The fourth-order valence-electron chi connectivity index (χ4n) is 2.74. The Morgan fingerprint density at radius 2 is 1.48 bits per heavy atom. The Bertz CT molecular complexity index is 979. The van der Waals surface area contributed by atoms with Crippen LogP contribution < -0.4 is 4.74 Å². The van der Waals surface area contributed by atoms with E-state index in [9.17, 15) is 14.0 Å². The Labute approximate surface area is 168 Å². The van der Waals surface area contributed by atoms with Crippen molar-refractivity contribution in [3.8, 4) is 5.75 Å². The van der Waals surface area contributed by atoms with Crippen molar-refractivity contribution in [3.05, 3.63) is 101 Å². The molecule has 0 spiro atoms. The van der Waals surface area contributed by atoms with E-state index in [-0.39, 0.29) is 23.8 Å². The van der Waals surface area contributed by atoms with Crippen molar-refractivity contribution in [2.24, 2.45) is 0 Å². The zero-order valence-electron chi connectivity index (χ0n) is 16.1. The predicted molar refractivity (Wildman–Crippen MR) is 108 cm³/mol. The highest BCUT2D eigenvalue weighted by Gasteiger charge is 2.19. The maximum atomic E-state index is 12.9. The maximum Gasteiger partial charge on any atom is 0.338 e. The van der Waals surface area contributed by atoms with Gasteiger partial charge in [0.25, 0.3) is 0 Å². The number of carbonyl (C=O) groups excluding carboxylic acids is 2. The number of ether oxygens (including phenoxy) is 2. The van der Waals surface area contributed by atoms with Gasteiger partial charge in [-0.05, 0) is 37.3 Å². The van der Waals surface area contributed by atoms with E-state index < -0.39 is 5.97 Å². The Morgan fingerprint density at radius 1 is 0.828 bits per heavy atom. The van der Waals surface area contributed by atoms with E-state index in [1.54, 1.807) is 36.4 Å². The molecule has 0 saturated carbocycles. The lowest BCUT2D eigenvalue weighted by Crippen LogP contribution is -2.14. The van der Waals surface area contributed by atoms with Gasteiger partial charge in [-0.3, -0.25) is 4.79 Å². The Hall–Kier alpha value is -3.47. The Kier molecular flexibility index (Phi) is 6.74. The average Bonchev–Trinajstić information content (AvgIpc) is 2.74. The van der Waals surface area contributed by atoms with Crippen LogP contribution >= 0.6 is 0 Å². The summed E-state index contributed by atoms with van der Waals surface area (Å²) in [5.41, 5.74) is 2.11. The van der Waals surface area contributed by atoms with Gasteiger partial charge in [0.15, 0.2) is 5.78 Å². The van der Waals surface area contributed by atoms with Gasteiger partial charge in [0.05, 0.1) is 18.8 Å². The van der Waals surface area contributed by atoms with Crippen LogP contribution in [0.4, 0.5) is 4.39 Å². The standard InChI is InChI=1S/C24H21FO4/c1-17-7-9-18(10-8-17)23(26)21-5-2-3-6-22(21)24(27)29-16-4-15-28-20-13-11-19(25)12-14-20/h2-3,5-14H,4,15-16H2,1H3. The molecule has 0 atom stereocenters. The molecule has 5 heteroatoms. The number of ketones is 1. The SMILES string of the molecule is Cc1ccc(C(=O)c2ccccc2C(=O)OCCCOc2ccc(F)cc2)cc1. The predicted octanol–water partition coefficient (Wildman–Crippen LogP) is 4.99. The van der Waals surface area contributed by atoms with E-state index in [0.29, 0.717) is 29.9 Å². The topological polar surface area (TPSA) is 52.6 Å². The molecule has 3 rings (SSSR count). The summed E-state index contributed by atoms with van der Waals surface area (Å²) in [5.74, 6) is -0.558. The third-order valence-corrected chi connectivity index (χ3v) is 4.31. The van der Waals surface area contributed by atoms with E-state index in [0.717, 1.165) is 5.56 Å². The quantitative estimate of drug-likeness (QED) is 0.308. The highest BCUT2D eigenvalue weighted by atomic mass is 19.1. The van der Waals surface area contributed by atoms with Gasteiger partial charge in [-0.2, -0.15) is 0 Å². The van der Waals surface area contributed by atoms with Crippen LogP contribution in [0.15, 0.2) is 72.8 Å². The van der Waals surface area contributed by atoms with Gasteiger partial charge in [0.2, 0.25) is 0 Å². The zero-order chi connectivity index (χ0) is 20.6. The molecule has 0 fully saturated rings. The second kappa shape index (κ2) is 9.64. The van der Waals surface area contributed by atoms with Gasteiger partial charge < -0.3 is 9.47 Å². The summed E-state index contributed by atoms with van der Waals surface area (Å²) >= 11 is 0. The smallest absolute Gasteiger partial charge is 0.338 e. The molecule has 3 aromatic rings. The first kappa shape index (κ1) is 20.3. The minimum Gasteiger partial charge on any atom is -0.493 e. The van der Waals surface area contributed by atoms with Gasteiger partial charge in [-0.15, -0.1) is 0 Å². The molecule has 0 bridgehead atoms. The molecule has 0 aliphatic rings. The fourth-order valence-corrected chi connectivity index (χ4v) is 2.74. The molecule has 0 heterocycles. The van der Waals surface area contributed by atoms with Crippen molar-refractivity contribution in [2.45, 2.75) is 13.3 Å². The molecule has 0 radical (unpaired) electrons. The van der Waals surface area contributed by atoms with Crippen molar-refractivity contribution < 1.29 is 23.5 Å². The second-order valence-corrected chi connectivity index (χ2v) is 6.53. The van der Waals surface area contributed by atoms with Crippen molar-refractivity contribution in [1.29, 1.82) is 0 Å². The highest BCUT2D eigenvalue weighted by molar-refractivity contribution is 6.14. The van der Waals surface area contributed by atoms with Gasteiger partial charge in [-0.25, -0.2) is 9.18 Å². The average molecular weight is 392 g/mol. The van der Waals surface area contributed by atoms with Crippen LogP contribution in [0.3, 0.4) is 0 Å². The normalized spacial score (nSPS) is 10.4. The fraction of sp³-hybridized carbons (Fsp3) is 0.167. The Balaban J connectivity index is 1.56. The number of halogens is 1. The molecule has 4 nitrogen and oxygen atoms in total.